The zero-order valence-corrected chi connectivity index (χ0v) is 12.6. The van der Waals surface area contributed by atoms with Crippen molar-refractivity contribution in [3.8, 4) is 11.8 Å². The van der Waals surface area contributed by atoms with Crippen molar-refractivity contribution in [1.82, 2.24) is 5.32 Å². The first-order valence-electron chi connectivity index (χ1n) is 7.49. The van der Waals surface area contributed by atoms with Gasteiger partial charge in [0.15, 0.2) is 0 Å². The van der Waals surface area contributed by atoms with Crippen molar-refractivity contribution in [3.05, 3.63) is 65.2 Å². The molecule has 22 heavy (non-hydrogen) atoms. The number of carbonyl (C=O) groups is 1. The van der Waals surface area contributed by atoms with E-state index >= 15 is 0 Å². The van der Waals surface area contributed by atoms with Crippen LogP contribution in [0.4, 0.5) is 5.69 Å². The molecule has 2 aromatic carbocycles. The molecular formula is C19H18N2O. The largest absolute Gasteiger partial charge is 0.309 e. The molecule has 1 aliphatic heterocycles. The smallest absolute Gasteiger partial charge is 0.241 e. The van der Waals surface area contributed by atoms with Crippen LogP contribution in [0.25, 0.3) is 0 Å². The number of rotatable bonds is 3. The summed E-state index contributed by atoms with van der Waals surface area (Å²) in [6.45, 7) is 3.65. The van der Waals surface area contributed by atoms with Gasteiger partial charge >= 0.3 is 0 Å². The summed E-state index contributed by atoms with van der Waals surface area (Å²) in [6, 6.07) is 15.8. The van der Waals surface area contributed by atoms with Crippen LogP contribution >= 0.6 is 0 Å². The van der Waals surface area contributed by atoms with Gasteiger partial charge in [0.05, 0.1) is 18.8 Å². The first-order valence-corrected chi connectivity index (χ1v) is 7.49. The van der Waals surface area contributed by atoms with Crippen LogP contribution in [-0.2, 0) is 11.3 Å². The number of likely N-dealkylation sites (N-methyl/N-ethyl adjacent to an activating group) is 1. The van der Waals surface area contributed by atoms with E-state index in [1.54, 1.807) is 0 Å². The van der Waals surface area contributed by atoms with Crippen LogP contribution in [0.2, 0.25) is 0 Å². The molecule has 0 fully saturated rings. The zero-order valence-electron chi connectivity index (χ0n) is 12.6. The monoisotopic (exact) mass is 290 g/mol. The van der Waals surface area contributed by atoms with Crippen LogP contribution in [0.15, 0.2) is 48.5 Å². The van der Waals surface area contributed by atoms with Crippen LogP contribution in [-0.4, -0.2) is 19.0 Å². The minimum atomic E-state index is 0.0628. The Morgan fingerprint density at radius 2 is 1.77 bits per heavy atom. The van der Waals surface area contributed by atoms with Gasteiger partial charge in [-0.05, 0) is 30.3 Å². The number of benzene rings is 2. The molecule has 0 bridgehead atoms. The van der Waals surface area contributed by atoms with Crippen molar-refractivity contribution in [1.29, 1.82) is 0 Å². The first-order chi connectivity index (χ1) is 10.8. The molecule has 0 aliphatic carbocycles. The Kier molecular flexibility index (Phi) is 4.22. The van der Waals surface area contributed by atoms with Crippen molar-refractivity contribution in [3.63, 3.8) is 0 Å². The van der Waals surface area contributed by atoms with Gasteiger partial charge < -0.3 is 10.2 Å². The number of hydrogen-bond donors (Lipinski definition) is 1. The molecule has 110 valence electrons. The highest BCUT2D eigenvalue weighted by molar-refractivity contribution is 5.96. The van der Waals surface area contributed by atoms with E-state index in [0.29, 0.717) is 13.1 Å². The summed E-state index contributed by atoms with van der Waals surface area (Å²) in [7, 11) is 0. The highest BCUT2D eigenvalue weighted by atomic mass is 16.2. The van der Waals surface area contributed by atoms with E-state index in [-0.39, 0.29) is 5.91 Å². The minimum Gasteiger partial charge on any atom is -0.309 e. The molecule has 1 aliphatic rings. The summed E-state index contributed by atoms with van der Waals surface area (Å²) >= 11 is 0. The summed E-state index contributed by atoms with van der Waals surface area (Å²) in [5, 5.41) is 3.11. The molecule has 0 saturated heterocycles. The molecular weight excluding hydrogens is 272 g/mol. The Morgan fingerprint density at radius 3 is 2.59 bits per heavy atom. The molecule has 0 saturated carbocycles. The topological polar surface area (TPSA) is 32.3 Å². The van der Waals surface area contributed by atoms with E-state index in [0.717, 1.165) is 28.9 Å². The Balaban J connectivity index is 2.07. The second kappa shape index (κ2) is 6.46. The van der Waals surface area contributed by atoms with Gasteiger partial charge in [-0.2, -0.15) is 0 Å². The number of nitrogens with zero attached hydrogens (tertiary/aromatic N) is 1. The third-order valence-electron chi connectivity index (χ3n) is 3.70. The van der Waals surface area contributed by atoms with Crippen molar-refractivity contribution in [2.75, 3.05) is 18.0 Å². The van der Waals surface area contributed by atoms with Gasteiger partial charge in [-0.15, -0.1) is 0 Å². The van der Waals surface area contributed by atoms with Crippen LogP contribution in [0.3, 0.4) is 0 Å². The summed E-state index contributed by atoms with van der Waals surface area (Å²) in [4.78, 5) is 14.4. The van der Waals surface area contributed by atoms with E-state index in [1.165, 1.54) is 0 Å². The number of hydrogen-bond acceptors (Lipinski definition) is 2. The van der Waals surface area contributed by atoms with E-state index < -0.39 is 0 Å². The molecule has 3 heteroatoms. The van der Waals surface area contributed by atoms with Crippen LogP contribution in [0.1, 0.15) is 23.6 Å². The summed E-state index contributed by atoms with van der Waals surface area (Å²) in [6.07, 6.45) is 0. The highest BCUT2D eigenvalue weighted by Crippen LogP contribution is 2.25. The number of amides is 1. The lowest BCUT2D eigenvalue weighted by Crippen LogP contribution is -2.38. The van der Waals surface area contributed by atoms with Crippen LogP contribution in [0.5, 0.6) is 0 Å². The van der Waals surface area contributed by atoms with E-state index in [4.69, 9.17) is 0 Å². The van der Waals surface area contributed by atoms with Crippen LogP contribution < -0.4 is 10.2 Å². The van der Waals surface area contributed by atoms with Crippen molar-refractivity contribution < 1.29 is 4.79 Å². The summed E-state index contributed by atoms with van der Waals surface area (Å²) < 4.78 is 0. The second-order valence-corrected chi connectivity index (χ2v) is 5.18. The number of para-hydroxylation sites is 1. The standard InChI is InChI=1S/C19H18N2O/c1-2-20-13-19(22)21-14-17-9-4-3-7-15(17)11-12-16-8-5-6-10-18(16)21/h3-10,20H,2,13-14H2,1H3. The zero-order chi connectivity index (χ0) is 15.4. The fourth-order valence-electron chi connectivity index (χ4n) is 2.53. The predicted molar refractivity (Wildman–Crippen MR) is 88.6 cm³/mol. The maximum absolute atomic E-state index is 12.6. The lowest BCUT2D eigenvalue weighted by Gasteiger charge is -2.26. The SMILES string of the molecule is CCNCC(=O)N1Cc2ccccc2C#Cc2ccccc21. The molecule has 0 atom stereocenters. The quantitative estimate of drug-likeness (QED) is 0.881. The molecule has 1 amide bonds. The molecule has 2 aromatic rings. The van der Waals surface area contributed by atoms with Gasteiger partial charge in [0.1, 0.15) is 0 Å². The Bertz CT molecular complexity index is 755. The molecule has 1 heterocycles. The van der Waals surface area contributed by atoms with Gasteiger partial charge in [-0.3, -0.25) is 4.79 Å². The molecule has 0 aromatic heterocycles. The Morgan fingerprint density at radius 1 is 1.09 bits per heavy atom. The Labute approximate surface area is 131 Å². The molecule has 3 nitrogen and oxygen atoms in total. The van der Waals surface area contributed by atoms with Gasteiger partial charge in [0, 0.05) is 11.1 Å². The molecule has 0 spiro atoms. The number of fused-ring (bicyclic) bond motifs is 2. The number of carbonyl (C=O) groups excluding carboxylic acids is 1. The maximum atomic E-state index is 12.6. The van der Waals surface area contributed by atoms with E-state index in [1.807, 2.05) is 60.4 Å². The van der Waals surface area contributed by atoms with Crippen molar-refractivity contribution >= 4 is 11.6 Å². The summed E-state index contributed by atoms with van der Waals surface area (Å²) in [5.41, 5.74) is 3.84. The molecule has 1 N–H and O–H groups in total. The number of anilines is 1. The minimum absolute atomic E-state index is 0.0628. The molecule has 0 unspecified atom stereocenters. The third kappa shape index (κ3) is 2.88. The maximum Gasteiger partial charge on any atom is 0.241 e. The third-order valence-corrected chi connectivity index (χ3v) is 3.70. The van der Waals surface area contributed by atoms with Crippen LogP contribution in [0, 0.1) is 11.8 Å². The highest BCUT2D eigenvalue weighted by Gasteiger charge is 2.20. The average Bonchev–Trinajstić information content (AvgIpc) is 2.55. The fourth-order valence-corrected chi connectivity index (χ4v) is 2.53. The fraction of sp³-hybridized carbons (Fsp3) is 0.211. The van der Waals surface area contributed by atoms with E-state index in [2.05, 4.69) is 17.2 Å². The molecule has 3 rings (SSSR count). The predicted octanol–water partition coefficient (Wildman–Crippen LogP) is 2.54. The van der Waals surface area contributed by atoms with Crippen molar-refractivity contribution in [2.24, 2.45) is 0 Å². The first kappa shape index (κ1) is 14.4. The normalized spacial score (nSPS) is 12.3. The van der Waals surface area contributed by atoms with E-state index in [9.17, 15) is 4.79 Å². The van der Waals surface area contributed by atoms with Gasteiger partial charge in [0.2, 0.25) is 5.91 Å². The number of nitrogens with one attached hydrogen (secondary N) is 1. The van der Waals surface area contributed by atoms with Gasteiger partial charge in [0.25, 0.3) is 0 Å². The Hall–Kier alpha value is -2.57. The second-order valence-electron chi connectivity index (χ2n) is 5.18. The van der Waals surface area contributed by atoms with Crippen molar-refractivity contribution in [2.45, 2.75) is 13.5 Å². The molecule has 0 radical (unpaired) electrons. The lowest BCUT2D eigenvalue weighted by molar-refractivity contribution is -0.117. The lowest BCUT2D eigenvalue weighted by atomic mass is 10.0. The average molecular weight is 290 g/mol. The van der Waals surface area contributed by atoms with Gasteiger partial charge in [-0.1, -0.05) is 49.1 Å². The summed E-state index contributed by atoms with van der Waals surface area (Å²) in [5.74, 6) is 6.48. The van der Waals surface area contributed by atoms with Gasteiger partial charge in [-0.25, -0.2) is 0 Å².